The lowest BCUT2D eigenvalue weighted by atomic mass is 10.3. The summed E-state index contributed by atoms with van der Waals surface area (Å²) in [6, 6.07) is 6.48. The molecule has 1 aliphatic rings. The first-order valence-electron chi connectivity index (χ1n) is 6.54. The maximum Gasteiger partial charge on any atom is 0.125 e. The Morgan fingerprint density at radius 1 is 1.26 bits per heavy atom. The summed E-state index contributed by atoms with van der Waals surface area (Å²) in [4.78, 5) is 2.39. The summed E-state index contributed by atoms with van der Waals surface area (Å²) < 4.78 is 14.9. The van der Waals surface area contributed by atoms with Crippen molar-refractivity contribution in [2.24, 2.45) is 0 Å². The lowest BCUT2D eigenvalue weighted by Gasteiger charge is -2.26. The lowest BCUT2D eigenvalue weighted by Crippen LogP contribution is -2.42. The van der Waals surface area contributed by atoms with E-state index in [1.807, 2.05) is 18.5 Å². The van der Waals surface area contributed by atoms with Crippen molar-refractivity contribution in [3.8, 4) is 5.69 Å². The second-order valence-corrected chi connectivity index (χ2v) is 4.80. The van der Waals surface area contributed by atoms with Gasteiger partial charge < -0.3 is 5.32 Å². The van der Waals surface area contributed by atoms with E-state index in [1.165, 1.54) is 12.1 Å². The number of nitrogens with one attached hydrogen (secondary N) is 1. The van der Waals surface area contributed by atoms with E-state index in [-0.39, 0.29) is 5.82 Å². The summed E-state index contributed by atoms with van der Waals surface area (Å²) in [5.74, 6) is -0.239. The van der Waals surface area contributed by atoms with E-state index in [1.54, 1.807) is 10.7 Å². The van der Waals surface area contributed by atoms with E-state index in [9.17, 15) is 4.39 Å². The molecule has 4 nitrogen and oxygen atoms in total. The van der Waals surface area contributed by atoms with Gasteiger partial charge in [-0.2, -0.15) is 5.10 Å². The smallest absolute Gasteiger partial charge is 0.125 e. The average Bonchev–Trinajstić information content (AvgIpc) is 2.88. The maximum atomic E-state index is 13.2. The quantitative estimate of drug-likeness (QED) is 0.906. The van der Waals surface area contributed by atoms with Crippen molar-refractivity contribution < 1.29 is 4.39 Å². The monoisotopic (exact) mass is 260 g/mol. The van der Waals surface area contributed by atoms with Crippen LogP contribution in [0.25, 0.3) is 5.69 Å². The molecule has 1 aromatic carbocycles. The van der Waals surface area contributed by atoms with Gasteiger partial charge in [-0.05, 0) is 18.2 Å². The molecule has 0 radical (unpaired) electrons. The Balaban J connectivity index is 1.72. The number of piperazine rings is 1. The SMILES string of the molecule is Fc1cccc(-n2cc(CN3CCNCC3)cn2)c1. The Labute approximate surface area is 111 Å². The minimum atomic E-state index is -0.239. The van der Waals surface area contributed by atoms with Crippen LogP contribution < -0.4 is 5.32 Å². The molecule has 2 heterocycles. The summed E-state index contributed by atoms with van der Waals surface area (Å²) >= 11 is 0. The molecule has 1 N–H and O–H groups in total. The zero-order valence-corrected chi connectivity index (χ0v) is 10.7. The summed E-state index contributed by atoms with van der Waals surface area (Å²) in [5, 5.41) is 7.63. The van der Waals surface area contributed by atoms with Gasteiger partial charge in [0.2, 0.25) is 0 Å². The largest absolute Gasteiger partial charge is 0.314 e. The first-order valence-corrected chi connectivity index (χ1v) is 6.54. The van der Waals surface area contributed by atoms with Crippen LogP contribution >= 0.6 is 0 Å². The van der Waals surface area contributed by atoms with Gasteiger partial charge in [-0.3, -0.25) is 4.90 Å². The highest BCUT2D eigenvalue weighted by molar-refractivity contribution is 5.31. The number of hydrogen-bond donors (Lipinski definition) is 1. The van der Waals surface area contributed by atoms with Gasteiger partial charge in [-0.1, -0.05) is 6.07 Å². The highest BCUT2D eigenvalue weighted by atomic mass is 19.1. The van der Waals surface area contributed by atoms with Crippen LogP contribution in [0.2, 0.25) is 0 Å². The molecule has 1 aromatic heterocycles. The van der Waals surface area contributed by atoms with E-state index in [2.05, 4.69) is 15.3 Å². The van der Waals surface area contributed by atoms with Gasteiger partial charge in [0.25, 0.3) is 0 Å². The van der Waals surface area contributed by atoms with Gasteiger partial charge in [0, 0.05) is 44.5 Å². The van der Waals surface area contributed by atoms with Crippen LogP contribution in [0.5, 0.6) is 0 Å². The highest BCUT2D eigenvalue weighted by Crippen LogP contribution is 2.11. The fourth-order valence-corrected chi connectivity index (χ4v) is 2.33. The Kier molecular flexibility index (Phi) is 3.57. The molecule has 0 unspecified atom stereocenters. The van der Waals surface area contributed by atoms with Crippen molar-refractivity contribution in [1.82, 2.24) is 20.0 Å². The van der Waals surface area contributed by atoms with Gasteiger partial charge >= 0.3 is 0 Å². The molecule has 2 aromatic rings. The van der Waals surface area contributed by atoms with Crippen LogP contribution in [0.15, 0.2) is 36.7 Å². The molecule has 0 spiro atoms. The fourth-order valence-electron chi connectivity index (χ4n) is 2.33. The third kappa shape index (κ3) is 3.00. The molecular formula is C14H17FN4. The zero-order valence-electron chi connectivity index (χ0n) is 10.7. The van der Waals surface area contributed by atoms with E-state index in [0.29, 0.717) is 0 Å². The number of aromatic nitrogens is 2. The molecule has 3 rings (SSSR count). The topological polar surface area (TPSA) is 33.1 Å². The molecule has 1 saturated heterocycles. The van der Waals surface area contributed by atoms with Crippen molar-refractivity contribution in [2.75, 3.05) is 26.2 Å². The summed E-state index contributed by atoms with van der Waals surface area (Å²) in [6.07, 6.45) is 3.82. The number of benzene rings is 1. The highest BCUT2D eigenvalue weighted by Gasteiger charge is 2.11. The summed E-state index contributed by atoms with van der Waals surface area (Å²) in [7, 11) is 0. The fraction of sp³-hybridized carbons (Fsp3) is 0.357. The van der Waals surface area contributed by atoms with Gasteiger partial charge in [0.1, 0.15) is 5.82 Å². The maximum absolute atomic E-state index is 13.2. The second kappa shape index (κ2) is 5.50. The normalized spacial score (nSPS) is 16.7. The van der Waals surface area contributed by atoms with Crippen molar-refractivity contribution >= 4 is 0 Å². The Morgan fingerprint density at radius 2 is 2.11 bits per heavy atom. The Bertz CT molecular complexity index is 546. The minimum Gasteiger partial charge on any atom is -0.314 e. The van der Waals surface area contributed by atoms with Crippen molar-refractivity contribution in [3.05, 3.63) is 48.0 Å². The molecule has 1 aliphatic heterocycles. The summed E-state index contributed by atoms with van der Waals surface area (Å²) in [6.45, 7) is 5.10. The number of hydrogen-bond acceptors (Lipinski definition) is 3. The number of nitrogens with zero attached hydrogens (tertiary/aromatic N) is 3. The molecule has 100 valence electrons. The molecular weight excluding hydrogens is 243 g/mol. The van der Waals surface area contributed by atoms with Crippen molar-refractivity contribution in [1.29, 1.82) is 0 Å². The third-order valence-electron chi connectivity index (χ3n) is 3.32. The Morgan fingerprint density at radius 3 is 2.89 bits per heavy atom. The van der Waals surface area contributed by atoms with Gasteiger partial charge in [0.05, 0.1) is 11.9 Å². The predicted molar refractivity (Wildman–Crippen MR) is 71.7 cm³/mol. The van der Waals surface area contributed by atoms with Gasteiger partial charge in [-0.15, -0.1) is 0 Å². The third-order valence-corrected chi connectivity index (χ3v) is 3.32. The minimum absolute atomic E-state index is 0.239. The van der Waals surface area contributed by atoms with Crippen molar-refractivity contribution in [3.63, 3.8) is 0 Å². The first-order chi connectivity index (χ1) is 9.31. The average molecular weight is 260 g/mol. The van der Waals surface area contributed by atoms with Crippen LogP contribution in [-0.2, 0) is 6.54 Å². The zero-order chi connectivity index (χ0) is 13.1. The van der Waals surface area contributed by atoms with E-state index < -0.39 is 0 Å². The Hall–Kier alpha value is -1.72. The van der Waals surface area contributed by atoms with Crippen LogP contribution in [0.3, 0.4) is 0 Å². The van der Waals surface area contributed by atoms with Gasteiger partial charge in [-0.25, -0.2) is 9.07 Å². The molecule has 0 aliphatic carbocycles. The summed E-state index contributed by atoms with van der Waals surface area (Å²) in [5.41, 5.74) is 1.91. The van der Waals surface area contributed by atoms with Crippen LogP contribution in [-0.4, -0.2) is 40.9 Å². The molecule has 0 bridgehead atoms. The number of halogens is 1. The van der Waals surface area contributed by atoms with E-state index in [4.69, 9.17) is 0 Å². The van der Waals surface area contributed by atoms with Crippen LogP contribution in [0.1, 0.15) is 5.56 Å². The van der Waals surface area contributed by atoms with Crippen LogP contribution in [0.4, 0.5) is 4.39 Å². The molecule has 0 atom stereocenters. The number of rotatable bonds is 3. The lowest BCUT2D eigenvalue weighted by molar-refractivity contribution is 0.233. The van der Waals surface area contributed by atoms with Gasteiger partial charge in [0.15, 0.2) is 0 Å². The van der Waals surface area contributed by atoms with Crippen molar-refractivity contribution in [2.45, 2.75) is 6.54 Å². The predicted octanol–water partition coefficient (Wildman–Crippen LogP) is 1.42. The molecule has 0 saturated carbocycles. The van der Waals surface area contributed by atoms with E-state index >= 15 is 0 Å². The van der Waals surface area contributed by atoms with Crippen LogP contribution in [0, 0.1) is 5.82 Å². The van der Waals surface area contributed by atoms with E-state index in [0.717, 1.165) is 44.0 Å². The standard InChI is InChI=1S/C14H17FN4/c15-13-2-1-3-14(8-13)19-11-12(9-17-19)10-18-6-4-16-5-7-18/h1-3,8-9,11,16H,4-7,10H2. The molecule has 0 amide bonds. The molecule has 5 heteroatoms. The second-order valence-electron chi connectivity index (χ2n) is 4.80. The first kappa shape index (κ1) is 12.3. The molecule has 1 fully saturated rings. The molecule has 19 heavy (non-hydrogen) atoms.